The Labute approximate surface area is 98.6 Å². The predicted molar refractivity (Wildman–Crippen MR) is 59.1 cm³/mol. The Balaban J connectivity index is 1.84. The summed E-state index contributed by atoms with van der Waals surface area (Å²) in [6.45, 7) is 0.772. The second kappa shape index (κ2) is 5.14. The Morgan fingerprint density at radius 3 is 3.06 bits per heavy atom. The molecule has 1 aromatic carbocycles. The Hall–Kier alpha value is -1.62. The first kappa shape index (κ1) is 11.9. The molecule has 92 valence electrons. The number of β-amino-alcohol motifs (C(OH)–C–C–N with tert-alkyl or cyclic N) is 1. The maximum absolute atomic E-state index is 12.8. The van der Waals surface area contributed by atoms with Gasteiger partial charge in [0.15, 0.2) is 6.61 Å². The fourth-order valence-corrected chi connectivity index (χ4v) is 1.76. The molecule has 0 radical (unpaired) electrons. The van der Waals surface area contributed by atoms with Crippen LogP contribution in [0.4, 0.5) is 4.39 Å². The number of hydrogen-bond acceptors (Lipinski definition) is 3. The summed E-state index contributed by atoms with van der Waals surface area (Å²) in [6.07, 6.45) is 0.166. The molecule has 17 heavy (non-hydrogen) atoms. The molecule has 1 unspecified atom stereocenters. The second-order valence-electron chi connectivity index (χ2n) is 4.03. The van der Waals surface area contributed by atoms with Crippen LogP contribution in [0.1, 0.15) is 6.42 Å². The summed E-state index contributed by atoms with van der Waals surface area (Å²) in [6, 6.07) is 5.65. The molecule has 1 aliphatic heterocycles. The van der Waals surface area contributed by atoms with E-state index in [9.17, 15) is 14.3 Å². The molecular weight excluding hydrogens is 225 g/mol. The molecule has 0 saturated carbocycles. The van der Waals surface area contributed by atoms with E-state index < -0.39 is 11.9 Å². The van der Waals surface area contributed by atoms with E-state index in [1.54, 1.807) is 11.0 Å². The van der Waals surface area contributed by atoms with Crippen molar-refractivity contribution in [3.05, 3.63) is 30.1 Å². The van der Waals surface area contributed by atoms with Gasteiger partial charge in [0.05, 0.1) is 6.10 Å². The van der Waals surface area contributed by atoms with Gasteiger partial charge >= 0.3 is 0 Å². The van der Waals surface area contributed by atoms with Gasteiger partial charge in [-0.25, -0.2) is 4.39 Å². The smallest absolute Gasteiger partial charge is 0.260 e. The lowest BCUT2D eigenvalue weighted by atomic mass is 10.3. The van der Waals surface area contributed by atoms with Crippen molar-refractivity contribution in [1.29, 1.82) is 0 Å². The number of benzene rings is 1. The summed E-state index contributed by atoms with van der Waals surface area (Å²) in [5.74, 6) is -0.254. The van der Waals surface area contributed by atoms with E-state index in [-0.39, 0.29) is 12.5 Å². The molecule has 1 fully saturated rings. The lowest BCUT2D eigenvalue weighted by Crippen LogP contribution is -2.33. The van der Waals surface area contributed by atoms with Crippen LogP contribution >= 0.6 is 0 Å². The van der Waals surface area contributed by atoms with Gasteiger partial charge in [0, 0.05) is 19.2 Å². The van der Waals surface area contributed by atoms with Gasteiger partial charge in [-0.3, -0.25) is 4.79 Å². The van der Waals surface area contributed by atoms with Crippen LogP contribution in [0.25, 0.3) is 0 Å². The van der Waals surface area contributed by atoms with E-state index in [1.807, 2.05) is 0 Å². The first-order chi connectivity index (χ1) is 8.15. The van der Waals surface area contributed by atoms with Crippen molar-refractivity contribution in [2.24, 2.45) is 0 Å². The highest BCUT2D eigenvalue weighted by Crippen LogP contribution is 2.13. The van der Waals surface area contributed by atoms with Gasteiger partial charge in [0.25, 0.3) is 5.91 Å². The fraction of sp³-hybridized carbons (Fsp3) is 0.417. The molecule has 0 bridgehead atoms. The number of carbonyl (C=O) groups excluding carboxylic acids is 1. The van der Waals surface area contributed by atoms with Crippen molar-refractivity contribution in [2.75, 3.05) is 19.7 Å². The van der Waals surface area contributed by atoms with Gasteiger partial charge in [-0.2, -0.15) is 0 Å². The molecule has 1 atom stereocenters. The van der Waals surface area contributed by atoms with Gasteiger partial charge in [-0.05, 0) is 18.6 Å². The molecule has 0 spiro atoms. The molecule has 1 saturated heterocycles. The predicted octanol–water partition coefficient (Wildman–Crippen LogP) is 0.798. The molecule has 1 N–H and O–H groups in total. The summed E-state index contributed by atoms with van der Waals surface area (Å²) in [7, 11) is 0. The molecule has 0 aliphatic carbocycles. The van der Waals surface area contributed by atoms with E-state index in [4.69, 9.17) is 4.74 Å². The van der Waals surface area contributed by atoms with Crippen LogP contribution in [0, 0.1) is 5.82 Å². The molecule has 0 aromatic heterocycles. The first-order valence-electron chi connectivity index (χ1n) is 5.49. The number of rotatable bonds is 3. The summed E-state index contributed by atoms with van der Waals surface area (Å²) >= 11 is 0. The number of nitrogens with zero attached hydrogens (tertiary/aromatic N) is 1. The lowest BCUT2D eigenvalue weighted by molar-refractivity contribution is -0.132. The zero-order valence-electron chi connectivity index (χ0n) is 9.30. The molecular formula is C12H14FNO3. The Kier molecular flexibility index (Phi) is 3.58. The van der Waals surface area contributed by atoms with Gasteiger partial charge in [0.2, 0.25) is 0 Å². The molecule has 1 aliphatic rings. The number of aliphatic hydroxyl groups excluding tert-OH is 1. The number of likely N-dealkylation sites (tertiary alicyclic amines) is 1. The van der Waals surface area contributed by atoms with Crippen LogP contribution in [-0.2, 0) is 4.79 Å². The Morgan fingerprint density at radius 1 is 1.59 bits per heavy atom. The number of aliphatic hydroxyl groups is 1. The molecule has 2 rings (SSSR count). The summed E-state index contributed by atoms with van der Waals surface area (Å²) in [4.78, 5) is 13.2. The number of amides is 1. The van der Waals surface area contributed by atoms with Gasteiger partial charge < -0.3 is 14.7 Å². The third-order valence-corrected chi connectivity index (χ3v) is 2.67. The van der Waals surface area contributed by atoms with E-state index >= 15 is 0 Å². The van der Waals surface area contributed by atoms with Gasteiger partial charge in [-0.1, -0.05) is 6.07 Å². The average molecular weight is 239 g/mol. The normalized spacial score (nSPS) is 19.4. The van der Waals surface area contributed by atoms with Crippen LogP contribution in [0.15, 0.2) is 24.3 Å². The van der Waals surface area contributed by atoms with Crippen molar-refractivity contribution in [3.8, 4) is 5.75 Å². The van der Waals surface area contributed by atoms with Crippen molar-refractivity contribution in [2.45, 2.75) is 12.5 Å². The van der Waals surface area contributed by atoms with Crippen molar-refractivity contribution >= 4 is 5.91 Å². The maximum Gasteiger partial charge on any atom is 0.260 e. The monoisotopic (exact) mass is 239 g/mol. The van der Waals surface area contributed by atoms with E-state index in [2.05, 4.69) is 0 Å². The highest BCUT2D eigenvalue weighted by molar-refractivity contribution is 5.78. The van der Waals surface area contributed by atoms with Crippen LogP contribution < -0.4 is 4.74 Å². The Bertz CT molecular complexity index is 410. The van der Waals surface area contributed by atoms with Gasteiger partial charge in [0.1, 0.15) is 11.6 Å². The zero-order chi connectivity index (χ0) is 12.3. The maximum atomic E-state index is 12.8. The average Bonchev–Trinajstić information content (AvgIpc) is 2.73. The van der Waals surface area contributed by atoms with Crippen LogP contribution in [0.5, 0.6) is 5.75 Å². The highest BCUT2D eigenvalue weighted by Gasteiger charge is 2.24. The summed E-state index contributed by atoms with van der Waals surface area (Å²) < 4.78 is 18.0. The first-order valence-corrected chi connectivity index (χ1v) is 5.49. The minimum absolute atomic E-state index is 0.129. The lowest BCUT2D eigenvalue weighted by Gasteiger charge is -2.15. The van der Waals surface area contributed by atoms with Crippen LogP contribution in [0.3, 0.4) is 0 Å². The van der Waals surface area contributed by atoms with E-state index in [0.717, 1.165) is 0 Å². The van der Waals surface area contributed by atoms with Crippen LogP contribution in [-0.4, -0.2) is 41.7 Å². The van der Waals surface area contributed by atoms with Crippen molar-refractivity contribution < 1.29 is 19.0 Å². The number of halogens is 1. The third-order valence-electron chi connectivity index (χ3n) is 2.67. The van der Waals surface area contributed by atoms with E-state index in [0.29, 0.717) is 25.3 Å². The number of hydrogen-bond donors (Lipinski definition) is 1. The van der Waals surface area contributed by atoms with E-state index in [1.165, 1.54) is 18.2 Å². The molecule has 1 amide bonds. The SMILES string of the molecule is O=C(COc1cccc(F)c1)N1CCC(O)C1. The topological polar surface area (TPSA) is 49.8 Å². The van der Waals surface area contributed by atoms with Gasteiger partial charge in [-0.15, -0.1) is 0 Å². The fourth-order valence-electron chi connectivity index (χ4n) is 1.76. The summed E-state index contributed by atoms with van der Waals surface area (Å²) in [5, 5.41) is 9.29. The largest absolute Gasteiger partial charge is 0.484 e. The highest BCUT2D eigenvalue weighted by atomic mass is 19.1. The molecule has 1 heterocycles. The summed E-state index contributed by atoms with van der Waals surface area (Å²) in [5.41, 5.74) is 0. The molecule has 5 heteroatoms. The molecule has 1 aromatic rings. The van der Waals surface area contributed by atoms with Crippen molar-refractivity contribution in [1.82, 2.24) is 4.90 Å². The van der Waals surface area contributed by atoms with Crippen molar-refractivity contribution in [3.63, 3.8) is 0 Å². The number of ether oxygens (including phenoxy) is 1. The quantitative estimate of drug-likeness (QED) is 0.848. The molecule has 4 nitrogen and oxygen atoms in total. The minimum atomic E-state index is -0.437. The zero-order valence-corrected chi connectivity index (χ0v) is 9.30. The third kappa shape index (κ3) is 3.17. The standard InChI is InChI=1S/C12H14FNO3/c13-9-2-1-3-11(6-9)17-8-12(16)14-5-4-10(15)7-14/h1-3,6,10,15H,4-5,7-8H2. The Morgan fingerprint density at radius 2 is 2.41 bits per heavy atom. The number of carbonyl (C=O) groups is 1. The van der Waals surface area contributed by atoms with Crippen LogP contribution in [0.2, 0.25) is 0 Å². The minimum Gasteiger partial charge on any atom is -0.484 e. The second-order valence-corrected chi connectivity index (χ2v) is 4.03.